The molecule has 0 bridgehead atoms. The first-order chi connectivity index (χ1) is 45.3. The molecular weight excluding hydrogens is 1230 g/mol. The van der Waals surface area contributed by atoms with E-state index in [-0.39, 0.29) is 25.7 Å². The van der Waals surface area contributed by atoms with E-state index in [1.165, 1.54) is 186 Å². The molecule has 0 aliphatic rings. The zero-order valence-corrected chi connectivity index (χ0v) is 63.2. The maximum atomic E-state index is 13.1. The van der Waals surface area contributed by atoms with Gasteiger partial charge in [0.25, 0.3) is 0 Å². The summed E-state index contributed by atoms with van der Waals surface area (Å²) in [5.74, 6) is 0.260. The topological polar surface area (TPSA) is 237 Å². The van der Waals surface area contributed by atoms with E-state index in [0.717, 1.165) is 114 Å². The number of ether oxygens (including phenoxy) is 4. The van der Waals surface area contributed by atoms with Crippen molar-refractivity contribution in [3.8, 4) is 0 Å². The highest BCUT2D eigenvalue weighted by Crippen LogP contribution is 2.45. The summed E-state index contributed by atoms with van der Waals surface area (Å²) < 4.78 is 68.4. The highest BCUT2D eigenvalue weighted by Gasteiger charge is 2.30. The number of rotatable bonds is 73. The summed E-state index contributed by atoms with van der Waals surface area (Å²) in [4.78, 5) is 72.7. The molecule has 0 spiro atoms. The summed E-state index contributed by atoms with van der Waals surface area (Å²) in [6.45, 7) is 11.9. The van der Waals surface area contributed by atoms with Gasteiger partial charge in [0, 0.05) is 25.7 Å². The van der Waals surface area contributed by atoms with Gasteiger partial charge in [0.15, 0.2) is 12.2 Å². The van der Waals surface area contributed by atoms with E-state index in [1.807, 2.05) is 0 Å². The molecule has 0 radical (unpaired) electrons. The van der Waals surface area contributed by atoms with Gasteiger partial charge in [-0.05, 0) is 43.4 Å². The average Bonchev–Trinajstić information content (AvgIpc) is 1.42. The first-order valence-corrected chi connectivity index (χ1v) is 41.9. The number of phosphoric acid groups is 2. The van der Waals surface area contributed by atoms with E-state index in [2.05, 4.69) is 48.5 Å². The van der Waals surface area contributed by atoms with Crippen molar-refractivity contribution < 1.29 is 80.2 Å². The zero-order valence-electron chi connectivity index (χ0n) is 61.4. The molecule has 3 N–H and O–H groups in total. The summed E-state index contributed by atoms with van der Waals surface area (Å²) in [7, 11) is -9.91. The molecule has 0 rings (SSSR count). The van der Waals surface area contributed by atoms with E-state index in [0.29, 0.717) is 25.7 Å². The highest BCUT2D eigenvalue weighted by atomic mass is 31.2. The number of carbonyl (C=O) groups excluding carboxylic acids is 4. The molecule has 6 atom stereocenters. The number of phosphoric ester groups is 2. The van der Waals surface area contributed by atoms with Gasteiger partial charge in [0.1, 0.15) is 19.3 Å². The lowest BCUT2D eigenvalue weighted by Crippen LogP contribution is -2.30. The second-order valence-electron chi connectivity index (χ2n) is 28.2. The summed E-state index contributed by atoms with van der Waals surface area (Å²) in [6, 6.07) is 0. The third kappa shape index (κ3) is 67.3. The molecule has 0 heterocycles. The van der Waals surface area contributed by atoms with Gasteiger partial charge in [0.2, 0.25) is 0 Å². The lowest BCUT2D eigenvalue weighted by atomic mass is 9.99. The van der Waals surface area contributed by atoms with Crippen LogP contribution in [0.3, 0.4) is 0 Å². The number of hydrogen-bond acceptors (Lipinski definition) is 15. The Morgan fingerprint density at radius 3 is 0.809 bits per heavy atom. The van der Waals surface area contributed by atoms with Crippen LogP contribution >= 0.6 is 15.6 Å². The van der Waals surface area contributed by atoms with Gasteiger partial charge in [0.05, 0.1) is 26.4 Å². The van der Waals surface area contributed by atoms with E-state index >= 15 is 0 Å². The van der Waals surface area contributed by atoms with Crippen molar-refractivity contribution >= 4 is 39.5 Å². The summed E-state index contributed by atoms with van der Waals surface area (Å²) >= 11 is 0. The van der Waals surface area contributed by atoms with Gasteiger partial charge >= 0.3 is 39.5 Å². The maximum Gasteiger partial charge on any atom is 0.472 e. The zero-order chi connectivity index (χ0) is 69.4. The molecule has 0 saturated carbocycles. The molecule has 0 aromatic rings. The van der Waals surface area contributed by atoms with Gasteiger partial charge in [-0.15, -0.1) is 0 Å². The maximum absolute atomic E-state index is 13.1. The monoisotopic (exact) mass is 1380 g/mol. The Labute approximate surface area is 575 Å². The number of hydrogen-bond donors (Lipinski definition) is 3. The van der Waals surface area contributed by atoms with Crippen LogP contribution < -0.4 is 0 Å². The van der Waals surface area contributed by atoms with E-state index in [1.54, 1.807) is 0 Å². The van der Waals surface area contributed by atoms with Crippen molar-refractivity contribution in [3.05, 3.63) is 0 Å². The lowest BCUT2D eigenvalue weighted by molar-refractivity contribution is -0.161. The predicted molar refractivity (Wildman–Crippen MR) is 381 cm³/mol. The number of esters is 4. The molecule has 0 saturated heterocycles. The Bertz CT molecular complexity index is 1840. The van der Waals surface area contributed by atoms with Crippen molar-refractivity contribution in [2.24, 2.45) is 17.8 Å². The van der Waals surface area contributed by atoms with Gasteiger partial charge < -0.3 is 33.8 Å². The van der Waals surface area contributed by atoms with E-state index in [9.17, 15) is 43.2 Å². The molecule has 558 valence electrons. The minimum atomic E-state index is -4.96. The first kappa shape index (κ1) is 92.1. The Morgan fingerprint density at radius 1 is 0.309 bits per heavy atom. The normalized spacial score (nSPS) is 14.4. The second kappa shape index (κ2) is 65.7. The fourth-order valence-electron chi connectivity index (χ4n) is 11.4. The third-order valence-corrected chi connectivity index (χ3v) is 19.6. The van der Waals surface area contributed by atoms with Crippen LogP contribution in [0.4, 0.5) is 0 Å². The van der Waals surface area contributed by atoms with Gasteiger partial charge in [-0.3, -0.25) is 37.3 Å². The van der Waals surface area contributed by atoms with Gasteiger partial charge in [-0.2, -0.15) is 0 Å². The second-order valence-corrected chi connectivity index (χ2v) is 31.1. The molecule has 0 amide bonds. The predicted octanol–water partition coefficient (Wildman–Crippen LogP) is 21.8. The van der Waals surface area contributed by atoms with E-state index < -0.39 is 97.5 Å². The molecule has 0 aliphatic heterocycles. The summed E-state index contributed by atoms with van der Waals surface area (Å²) in [5.41, 5.74) is 0. The lowest BCUT2D eigenvalue weighted by Gasteiger charge is -2.21. The highest BCUT2D eigenvalue weighted by molar-refractivity contribution is 7.47. The fourth-order valence-corrected chi connectivity index (χ4v) is 13.0. The molecule has 0 aromatic heterocycles. The van der Waals surface area contributed by atoms with Crippen molar-refractivity contribution in [1.29, 1.82) is 0 Å². The number of aliphatic hydroxyl groups excluding tert-OH is 1. The quantitative estimate of drug-likeness (QED) is 0.0222. The van der Waals surface area contributed by atoms with Crippen LogP contribution in [0.25, 0.3) is 0 Å². The Kier molecular flexibility index (Phi) is 64.3. The molecule has 17 nitrogen and oxygen atoms in total. The van der Waals surface area contributed by atoms with Crippen molar-refractivity contribution in [1.82, 2.24) is 0 Å². The molecular formula is C75H146O17P2. The summed E-state index contributed by atoms with van der Waals surface area (Å²) in [5, 5.41) is 10.6. The van der Waals surface area contributed by atoms with Gasteiger partial charge in [-0.1, -0.05) is 331 Å². The average molecular weight is 1380 g/mol. The van der Waals surface area contributed by atoms with Crippen LogP contribution in [0.15, 0.2) is 0 Å². The number of aliphatic hydroxyl groups is 1. The van der Waals surface area contributed by atoms with E-state index in [4.69, 9.17) is 37.0 Å². The molecule has 19 heteroatoms. The molecule has 94 heavy (non-hydrogen) atoms. The minimum Gasteiger partial charge on any atom is -0.462 e. The van der Waals surface area contributed by atoms with Crippen molar-refractivity contribution in [2.75, 3.05) is 39.6 Å². The first-order valence-electron chi connectivity index (χ1n) is 38.9. The standard InChI is InChI=1S/C75H146O17P2/c1-8-10-11-12-13-35-42-49-56-72(77)85-62-70(91-75(80)59-52-45-38-31-25-24-28-34-41-48-55-68(7)9-2)64-89-93(81,82)87-60-69(76)61-88-94(83,84)90-65-71(92-74(79)58-51-44-37-30-23-19-15-17-21-27-33-40-47-54-67(5)6)63-86-73(78)57-50-43-36-29-22-18-14-16-20-26-32-39-46-53-66(3)4/h66-71,76H,8-65H2,1-7H3,(H,81,82)(H,83,84)/t68?,69-,70+,71+/m0/s1. The van der Waals surface area contributed by atoms with Crippen molar-refractivity contribution in [2.45, 2.75) is 401 Å². The summed E-state index contributed by atoms with van der Waals surface area (Å²) in [6.07, 6.45) is 51.2. The van der Waals surface area contributed by atoms with Crippen LogP contribution in [0.1, 0.15) is 382 Å². The fraction of sp³-hybridized carbons (Fsp3) is 0.947. The van der Waals surface area contributed by atoms with Crippen LogP contribution in [0.5, 0.6) is 0 Å². The Morgan fingerprint density at radius 2 is 0.543 bits per heavy atom. The number of carbonyl (C=O) groups is 4. The van der Waals surface area contributed by atoms with Crippen molar-refractivity contribution in [3.63, 3.8) is 0 Å². The Hall–Kier alpha value is -1.94. The SMILES string of the molecule is CCCCCCCCCCC(=O)OC[C@H](COP(=O)(O)OC[C@H](O)COP(=O)(O)OC[C@@H](COC(=O)CCCCCCCCCCCCCCCC(C)C)OC(=O)CCCCCCCCCCCCCCCC(C)C)OC(=O)CCCCCCCCCCCCC(C)CC. The van der Waals surface area contributed by atoms with Crippen LogP contribution in [-0.4, -0.2) is 96.7 Å². The van der Waals surface area contributed by atoms with Crippen LogP contribution in [0, 0.1) is 17.8 Å². The number of unbranched alkanes of at least 4 members (excludes halogenated alkanes) is 40. The molecule has 0 fully saturated rings. The molecule has 3 unspecified atom stereocenters. The molecule has 0 aromatic carbocycles. The van der Waals surface area contributed by atoms with Crippen LogP contribution in [0.2, 0.25) is 0 Å². The largest absolute Gasteiger partial charge is 0.472 e. The minimum absolute atomic E-state index is 0.106. The van der Waals surface area contributed by atoms with Crippen LogP contribution in [-0.2, 0) is 65.4 Å². The smallest absolute Gasteiger partial charge is 0.462 e. The molecule has 0 aliphatic carbocycles. The third-order valence-electron chi connectivity index (χ3n) is 17.7. The van der Waals surface area contributed by atoms with Gasteiger partial charge in [-0.25, -0.2) is 9.13 Å². The Balaban J connectivity index is 5.23.